The highest BCUT2D eigenvalue weighted by atomic mass is 16.6. The van der Waals surface area contributed by atoms with Crippen molar-refractivity contribution < 1.29 is 13.7 Å². The molecule has 0 aliphatic carbocycles. The Morgan fingerprint density at radius 1 is 1.29 bits per heavy atom. The first-order chi connectivity index (χ1) is 6.79. The van der Waals surface area contributed by atoms with Gasteiger partial charge in [0.05, 0.1) is 7.11 Å². The maximum absolute atomic E-state index is 10.6. The van der Waals surface area contributed by atoms with Crippen LogP contribution in [0, 0.1) is 0 Å². The number of ether oxygens (including phenoxy) is 1. The number of rotatable bonds is 2. The molecule has 0 radical (unpaired) electrons. The minimum absolute atomic E-state index is 0.164. The second-order valence-corrected chi connectivity index (χ2v) is 2.57. The van der Waals surface area contributed by atoms with Crippen molar-refractivity contribution in [1.82, 2.24) is 5.16 Å². The van der Waals surface area contributed by atoms with Crippen molar-refractivity contribution in [2.45, 2.75) is 0 Å². The molecule has 0 saturated carbocycles. The van der Waals surface area contributed by atoms with Gasteiger partial charge in [-0.25, -0.2) is 4.79 Å². The van der Waals surface area contributed by atoms with E-state index in [1.54, 1.807) is 31.4 Å². The zero-order chi connectivity index (χ0) is 9.97. The number of hydrogen-bond donors (Lipinski definition) is 0. The Kier molecular flexibility index (Phi) is 2.06. The summed E-state index contributed by atoms with van der Waals surface area (Å²) < 4.78 is 13.9. The van der Waals surface area contributed by atoms with Gasteiger partial charge in [0.25, 0.3) is 5.89 Å². The molecule has 2 rings (SSSR count). The van der Waals surface area contributed by atoms with Crippen molar-refractivity contribution >= 4 is 0 Å². The zero-order valence-corrected chi connectivity index (χ0v) is 7.39. The van der Waals surface area contributed by atoms with Crippen molar-refractivity contribution in [1.29, 1.82) is 0 Å². The molecule has 2 aromatic rings. The van der Waals surface area contributed by atoms with Crippen LogP contribution in [0.2, 0.25) is 0 Å². The molecule has 14 heavy (non-hydrogen) atoms. The van der Waals surface area contributed by atoms with E-state index in [4.69, 9.17) is 4.74 Å². The lowest BCUT2D eigenvalue weighted by atomic mass is 10.2. The normalized spacial score (nSPS) is 10.1. The molecular formula is C9H7NO4. The van der Waals surface area contributed by atoms with Crippen molar-refractivity contribution in [2.24, 2.45) is 0 Å². The summed E-state index contributed by atoms with van der Waals surface area (Å²) in [4.78, 5) is 10.6. The molecule has 0 aliphatic rings. The lowest BCUT2D eigenvalue weighted by Gasteiger charge is -1.98. The fourth-order valence-corrected chi connectivity index (χ4v) is 1.04. The van der Waals surface area contributed by atoms with Crippen LogP contribution in [0.4, 0.5) is 0 Å². The van der Waals surface area contributed by atoms with E-state index in [9.17, 15) is 4.79 Å². The molecule has 0 aliphatic heterocycles. The molecule has 0 bridgehead atoms. The third kappa shape index (κ3) is 1.52. The lowest BCUT2D eigenvalue weighted by molar-refractivity contribution is 0.335. The zero-order valence-electron chi connectivity index (χ0n) is 7.39. The van der Waals surface area contributed by atoms with Gasteiger partial charge in [-0.05, 0) is 29.4 Å². The highest BCUT2D eigenvalue weighted by molar-refractivity contribution is 5.53. The van der Waals surface area contributed by atoms with E-state index in [0.29, 0.717) is 5.56 Å². The molecule has 1 aromatic heterocycles. The van der Waals surface area contributed by atoms with E-state index < -0.39 is 5.82 Å². The summed E-state index contributed by atoms with van der Waals surface area (Å²) in [6.07, 6.45) is 0. The van der Waals surface area contributed by atoms with E-state index in [2.05, 4.69) is 14.1 Å². The van der Waals surface area contributed by atoms with Gasteiger partial charge in [-0.3, -0.25) is 4.52 Å². The van der Waals surface area contributed by atoms with Crippen LogP contribution in [0.3, 0.4) is 0 Å². The molecule has 0 N–H and O–H groups in total. The molecule has 0 amide bonds. The largest absolute Gasteiger partial charge is 0.542 e. The second-order valence-electron chi connectivity index (χ2n) is 2.57. The number of methoxy groups -OCH3 is 1. The Hall–Kier alpha value is -2.04. The quantitative estimate of drug-likeness (QED) is 0.719. The van der Waals surface area contributed by atoms with Crippen LogP contribution in [0.25, 0.3) is 11.5 Å². The number of benzene rings is 1. The van der Waals surface area contributed by atoms with Crippen LogP contribution in [-0.4, -0.2) is 12.3 Å². The third-order valence-electron chi connectivity index (χ3n) is 1.72. The maximum Gasteiger partial charge on any atom is 0.542 e. The van der Waals surface area contributed by atoms with E-state index in [1.807, 2.05) is 0 Å². The summed E-state index contributed by atoms with van der Waals surface area (Å²) in [7, 11) is 1.57. The summed E-state index contributed by atoms with van der Waals surface area (Å²) >= 11 is 0. The predicted octanol–water partition coefficient (Wildman–Crippen LogP) is 1.30. The molecule has 1 heterocycles. The molecule has 0 spiro atoms. The van der Waals surface area contributed by atoms with Crippen molar-refractivity contribution in [3.05, 3.63) is 34.9 Å². The monoisotopic (exact) mass is 193 g/mol. The van der Waals surface area contributed by atoms with Crippen molar-refractivity contribution in [2.75, 3.05) is 7.11 Å². The first-order valence-electron chi connectivity index (χ1n) is 3.91. The standard InChI is InChI=1S/C9H7NO4/c1-12-7-4-2-6(3-5-7)8-10-14-9(11)13-8/h2-5H,1H3. The highest BCUT2D eigenvalue weighted by Gasteiger charge is 2.06. The first-order valence-corrected chi connectivity index (χ1v) is 3.91. The van der Waals surface area contributed by atoms with Crippen LogP contribution in [0.15, 0.2) is 38.0 Å². The van der Waals surface area contributed by atoms with Gasteiger partial charge >= 0.3 is 5.82 Å². The van der Waals surface area contributed by atoms with Crippen molar-refractivity contribution in [3.63, 3.8) is 0 Å². The molecule has 0 fully saturated rings. The molecule has 0 atom stereocenters. The van der Waals surface area contributed by atoms with Gasteiger partial charge in [0.1, 0.15) is 5.75 Å². The first kappa shape index (κ1) is 8.55. The van der Waals surface area contributed by atoms with E-state index >= 15 is 0 Å². The van der Waals surface area contributed by atoms with Gasteiger partial charge in [-0.1, -0.05) is 0 Å². The van der Waals surface area contributed by atoms with Gasteiger partial charge in [-0.2, -0.15) is 0 Å². The lowest BCUT2D eigenvalue weighted by Crippen LogP contribution is -1.85. The van der Waals surface area contributed by atoms with Crippen LogP contribution < -0.4 is 10.6 Å². The molecule has 5 heteroatoms. The SMILES string of the molecule is COc1ccc(-c2noc(=O)o2)cc1. The van der Waals surface area contributed by atoms with E-state index in [-0.39, 0.29) is 5.89 Å². The average Bonchev–Trinajstić information content (AvgIpc) is 2.65. The smallest absolute Gasteiger partial charge is 0.497 e. The molecule has 5 nitrogen and oxygen atoms in total. The molecule has 1 aromatic carbocycles. The maximum atomic E-state index is 10.6. The second kappa shape index (κ2) is 3.37. The minimum atomic E-state index is -0.809. The Morgan fingerprint density at radius 3 is 2.50 bits per heavy atom. The third-order valence-corrected chi connectivity index (χ3v) is 1.72. The Balaban J connectivity index is 2.38. The topological polar surface area (TPSA) is 65.5 Å². The van der Waals surface area contributed by atoms with E-state index in [0.717, 1.165) is 5.75 Å². The van der Waals surface area contributed by atoms with Crippen molar-refractivity contribution in [3.8, 4) is 17.2 Å². The Morgan fingerprint density at radius 2 is 2.00 bits per heavy atom. The Bertz CT molecular complexity index is 468. The minimum Gasteiger partial charge on any atom is -0.497 e. The average molecular weight is 193 g/mol. The van der Waals surface area contributed by atoms with Crippen LogP contribution >= 0.6 is 0 Å². The van der Waals surface area contributed by atoms with Crippen LogP contribution in [-0.2, 0) is 0 Å². The van der Waals surface area contributed by atoms with Crippen LogP contribution in [0.1, 0.15) is 0 Å². The van der Waals surface area contributed by atoms with Gasteiger partial charge in [0, 0.05) is 5.56 Å². The number of hydrogen-bond acceptors (Lipinski definition) is 5. The van der Waals surface area contributed by atoms with E-state index in [1.165, 1.54) is 0 Å². The molecule has 0 saturated heterocycles. The summed E-state index contributed by atoms with van der Waals surface area (Å²) in [6.45, 7) is 0. The molecule has 0 unspecified atom stereocenters. The summed E-state index contributed by atoms with van der Waals surface area (Å²) in [5.74, 6) is 0.0769. The Labute approximate surface area is 78.9 Å². The summed E-state index contributed by atoms with van der Waals surface area (Å²) in [6, 6.07) is 6.92. The van der Waals surface area contributed by atoms with Crippen LogP contribution in [0.5, 0.6) is 5.75 Å². The predicted molar refractivity (Wildman–Crippen MR) is 47.0 cm³/mol. The number of aromatic nitrogens is 1. The van der Waals surface area contributed by atoms with Gasteiger partial charge < -0.3 is 9.15 Å². The fraction of sp³-hybridized carbons (Fsp3) is 0.111. The van der Waals surface area contributed by atoms with Gasteiger partial charge in [-0.15, -0.1) is 0 Å². The molecular weight excluding hydrogens is 186 g/mol. The number of nitrogens with zero attached hydrogens (tertiary/aromatic N) is 1. The van der Waals surface area contributed by atoms with Gasteiger partial charge in [0.2, 0.25) is 0 Å². The fourth-order valence-electron chi connectivity index (χ4n) is 1.04. The summed E-state index contributed by atoms with van der Waals surface area (Å²) in [5.41, 5.74) is 0.664. The van der Waals surface area contributed by atoms with Gasteiger partial charge in [0.15, 0.2) is 0 Å². The molecule has 72 valence electrons. The highest BCUT2D eigenvalue weighted by Crippen LogP contribution is 2.19. The summed E-state index contributed by atoms with van der Waals surface area (Å²) in [5, 5.41) is 3.45.